The summed E-state index contributed by atoms with van der Waals surface area (Å²) in [4.78, 5) is 41.2. The van der Waals surface area contributed by atoms with E-state index in [9.17, 15) is 14.4 Å². The lowest BCUT2D eigenvalue weighted by molar-refractivity contribution is -0.140. The molecule has 3 amide bonds. The van der Waals surface area contributed by atoms with E-state index in [1.54, 1.807) is 27.7 Å². The second-order valence-electron chi connectivity index (χ2n) is 9.58. The molecule has 0 bridgehead atoms. The van der Waals surface area contributed by atoms with Crippen molar-refractivity contribution in [3.63, 3.8) is 0 Å². The minimum atomic E-state index is -0.964. The molecule has 0 saturated carbocycles. The van der Waals surface area contributed by atoms with Crippen LogP contribution in [0, 0.1) is 20.8 Å². The molecule has 0 saturated heterocycles. The summed E-state index contributed by atoms with van der Waals surface area (Å²) in [7, 11) is 0. The van der Waals surface area contributed by atoms with Crippen LogP contribution in [-0.2, 0) is 14.3 Å². The zero-order valence-corrected chi connectivity index (χ0v) is 22.5. The van der Waals surface area contributed by atoms with E-state index in [1.807, 2.05) is 63.2 Å². The highest BCUT2D eigenvalue weighted by atomic mass is 32.1. The van der Waals surface area contributed by atoms with Crippen molar-refractivity contribution in [2.75, 3.05) is 17.6 Å². The number of benzene rings is 2. The highest BCUT2D eigenvalue weighted by Crippen LogP contribution is 2.27. The fraction of sp³-hybridized carbons (Fsp3) is 0.444. The van der Waals surface area contributed by atoms with E-state index in [2.05, 4.69) is 23.3 Å². The van der Waals surface area contributed by atoms with Gasteiger partial charge in [0.1, 0.15) is 17.7 Å². The van der Waals surface area contributed by atoms with E-state index in [-0.39, 0.29) is 18.2 Å². The van der Waals surface area contributed by atoms with Gasteiger partial charge >= 0.3 is 6.09 Å². The molecule has 35 heavy (non-hydrogen) atoms. The Hall–Kier alpha value is -3.00. The molecule has 8 heteroatoms. The Bertz CT molecular complexity index is 1040. The Balaban J connectivity index is 2.43. The lowest BCUT2D eigenvalue weighted by atomic mass is 10.0. The third-order valence-corrected chi connectivity index (χ3v) is 5.81. The number of thiol groups is 1. The molecule has 2 atom stereocenters. The van der Waals surface area contributed by atoms with E-state index >= 15 is 0 Å². The largest absolute Gasteiger partial charge is 0.444 e. The van der Waals surface area contributed by atoms with Gasteiger partial charge in [0, 0.05) is 18.0 Å². The predicted octanol–water partition coefficient (Wildman–Crippen LogP) is 4.96. The van der Waals surface area contributed by atoms with Gasteiger partial charge < -0.3 is 20.3 Å². The summed E-state index contributed by atoms with van der Waals surface area (Å²) in [6, 6.07) is 11.4. The number of para-hydroxylation sites is 1. The van der Waals surface area contributed by atoms with Gasteiger partial charge in [0.25, 0.3) is 5.91 Å². The number of hydrogen-bond acceptors (Lipinski definition) is 5. The second kappa shape index (κ2) is 12.1. The lowest BCUT2D eigenvalue weighted by Gasteiger charge is -2.33. The summed E-state index contributed by atoms with van der Waals surface area (Å²) in [6.07, 6.45) is -0.715. The molecule has 7 nitrogen and oxygen atoms in total. The molecule has 0 fully saturated rings. The van der Waals surface area contributed by atoms with Crippen LogP contribution in [-0.4, -0.2) is 46.7 Å². The minimum Gasteiger partial charge on any atom is -0.444 e. The van der Waals surface area contributed by atoms with E-state index in [0.29, 0.717) is 5.56 Å². The van der Waals surface area contributed by atoms with Gasteiger partial charge in [-0.05, 0) is 65.2 Å². The first-order valence-corrected chi connectivity index (χ1v) is 12.4. The van der Waals surface area contributed by atoms with Crippen molar-refractivity contribution in [1.82, 2.24) is 10.2 Å². The van der Waals surface area contributed by atoms with Gasteiger partial charge in [-0.25, -0.2) is 4.79 Å². The van der Waals surface area contributed by atoms with Crippen LogP contribution in [0.3, 0.4) is 0 Å². The average molecular weight is 500 g/mol. The number of rotatable bonds is 8. The normalized spacial score (nSPS) is 12.9. The van der Waals surface area contributed by atoms with Gasteiger partial charge in [-0.15, -0.1) is 0 Å². The fourth-order valence-corrected chi connectivity index (χ4v) is 4.06. The minimum absolute atomic E-state index is 0.0492. The summed E-state index contributed by atoms with van der Waals surface area (Å²) in [5, 5.41) is 5.63. The molecule has 0 aliphatic heterocycles. The molecule has 0 aromatic heterocycles. The first kappa shape index (κ1) is 28.2. The first-order chi connectivity index (χ1) is 16.4. The molecule has 2 unspecified atom stereocenters. The molecule has 2 aromatic carbocycles. The van der Waals surface area contributed by atoms with Crippen LogP contribution in [0.1, 0.15) is 56.0 Å². The molecule has 0 aliphatic rings. The van der Waals surface area contributed by atoms with Gasteiger partial charge in [-0.1, -0.05) is 48.0 Å². The maximum absolute atomic E-state index is 13.7. The highest BCUT2D eigenvalue weighted by molar-refractivity contribution is 7.80. The van der Waals surface area contributed by atoms with Gasteiger partial charge in [0.15, 0.2) is 0 Å². The van der Waals surface area contributed by atoms with Crippen LogP contribution in [0.5, 0.6) is 0 Å². The number of amides is 3. The quantitative estimate of drug-likeness (QED) is 0.448. The molecule has 2 aromatic rings. The third-order valence-electron chi connectivity index (χ3n) is 5.44. The van der Waals surface area contributed by atoms with E-state index in [0.717, 1.165) is 22.4 Å². The number of likely N-dealkylation sites (N-methyl/N-ethyl adjacent to an activating group) is 1. The average Bonchev–Trinajstić information content (AvgIpc) is 2.76. The number of alkyl carbamates (subject to hydrolysis) is 1. The van der Waals surface area contributed by atoms with E-state index in [4.69, 9.17) is 4.74 Å². The lowest BCUT2D eigenvalue weighted by Crippen LogP contribution is -2.53. The van der Waals surface area contributed by atoms with Crippen LogP contribution in [0.4, 0.5) is 10.5 Å². The van der Waals surface area contributed by atoms with Crippen molar-refractivity contribution in [3.8, 4) is 0 Å². The number of nitrogens with zero attached hydrogens (tertiary/aromatic N) is 1. The van der Waals surface area contributed by atoms with E-state index in [1.165, 1.54) is 4.90 Å². The monoisotopic (exact) mass is 499 g/mol. The molecule has 0 spiro atoms. The third kappa shape index (κ3) is 7.75. The molecule has 0 aliphatic carbocycles. The van der Waals surface area contributed by atoms with Crippen LogP contribution < -0.4 is 10.6 Å². The first-order valence-electron chi connectivity index (χ1n) is 11.7. The Kier molecular flexibility index (Phi) is 9.77. The molecule has 2 N–H and O–H groups in total. The van der Waals surface area contributed by atoms with Crippen LogP contribution >= 0.6 is 12.6 Å². The number of carbonyl (C=O) groups excluding carboxylic acids is 3. The van der Waals surface area contributed by atoms with Crippen molar-refractivity contribution in [2.24, 2.45) is 0 Å². The molecule has 2 rings (SSSR count). The van der Waals surface area contributed by atoms with Gasteiger partial charge in [-0.3, -0.25) is 9.59 Å². The van der Waals surface area contributed by atoms with Crippen molar-refractivity contribution < 1.29 is 19.1 Å². The number of nitrogens with one attached hydrogen (secondary N) is 2. The fourth-order valence-electron chi connectivity index (χ4n) is 3.82. The zero-order chi connectivity index (χ0) is 26.3. The molecular formula is C27H37N3O4S. The summed E-state index contributed by atoms with van der Waals surface area (Å²) in [6.45, 7) is 13.1. The van der Waals surface area contributed by atoms with Crippen LogP contribution in [0.15, 0.2) is 42.5 Å². The number of aryl methyl sites for hydroxylation is 3. The topological polar surface area (TPSA) is 87.7 Å². The standard InChI is InChI=1S/C27H37N3O4S/c1-8-30(25(32)21(16-35)28-26(33)34-27(5,6)7)23(20-14-9-11-17(2)15-20)24(31)29-22-18(3)12-10-13-19(22)4/h9-15,21,23,35H,8,16H2,1-7H3,(H,28,33)(H,29,31). The van der Waals surface area contributed by atoms with Crippen LogP contribution in [0.2, 0.25) is 0 Å². The number of hydrogen-bond donors (Lipinski definition) is 3. The van der Waals surface area contributed by atoms with Gasteiger partial charge in [-0.2, -0.15) is 12.6 Å². The summed E-state index contributed by atoms with van der Waals surface area (Å²) < 4.78 is 5.31. The summed E-state index contributed by atoms with van der Waals surface area (Å²) in [5.41, 5.74) is 3.50. The van der Waals surface area contributed by atoms with Crippen molar-refractivity contribution in [3.05, 3.63) is 64.7 Å². The van der Waals surface area contributed by atoms with Crippen molar-refractivity contribution >= 4 is 36.2 Å². The Labute approximate surface area is 214 Å². The molecular weight excluding hydrogens is 462 g/mol. The molecule has 190 valence electrons. The maximum Gasteiger partial charge on any atom is 0.408 e. The summed E-state index contributed by atoms with van der Waals surface area (Å²) in [5.74, 6) is -0.705. The predicted molar refractivity (Wildman–Crippen MR) is 143 cm³/mol. The second-order valence-corrected chi connectivity index (χ2v) is 9.94. The van der Waals surface area contributed by atoms with Crippen molar-refractivity contribution in [2.45, 2.75) is 66.2 Å². The number of ether oxygens (including phenoxy) is 1. The zero-order valence-electron chi connectivity index (χ0n) is 21.6. The maximum atomic E-state index is 13.7. The Morgan fingerprint density at radius 3 is 2.14 bits per heavy atom. The smallest absolute Gasteiger partial charge is 0.408 e. The number of anilines is 1. The number of carbonyl (C=O) groups is 3. The van der Waals surface area contributed by atoms with Gasteiger partial charge in [0.2, 0.25) is 5.91 Å². The van der Waals surface area contributed by atoms with E-state index < -0.39 is 29.7 Å². The van der Waals surface area contributed by atoms with Crippen molar-refractivity contribution in [1.29, 1.82) is 0 Å². The highest BCUT2D eigenvalue weighted by Gasteiger charge is 2.35. The van der Waals surface area contributed by atoms with Gasteiger partial charge in [0.05, 0.1) is 0 Å². The SMILES string of the molecule is CCN(C(=O)C(CS)NC(=O)OC(C)(C)C)C(C(=O)Nc1c(C)cccc1C)c1cccc(C)c1. The molecule has 0 radical (unpaired) electrons. The molecule has 0 heterocycles. The van der Waals surface area contributed by atoms with Crippen LogP contribution in [0.25, 0.3) is 0 Å². The summed E-state index contributed by atoms with van der Waals surface area (Å²) >= 11 is 4.29. The Morgan fingerprint density at radius 1 is 1.03 bits per heavy atom. The Morgan fingerprint density at radius 2 is 1.63 bits per heavy atom.